The number of benzene rings is 1. The van der Waals surface area contributed by atoms with E-state index in [0.717, 1.165) is 6.54 Å². The quantitative estimate of drug-likeness (QED) is 0.639. The smallest absolute Gasteiger partial charge is 0.0981 e. The summed E-state index contributed by atoms with van der Waals surface area (Å²) in [4.78, 5) is 4.89. The minimum atomic E-state index is 0.487. The average molecular weight is 272 g/mol. The SMILES string of the molecule is CCCCCCCN1C=CN(Cc2ccccc2)C1C. The van der Waals surface area contributed by atoms with Crippen LogP contribution in [-0.2, 0) is 6.54 Å². The van der Waals surface area contributed by atoms with Crippen LogP contribution in [0.3, 0.4) is 0 Å². The van der Waals surface area contributed by atoms with Crippen LogP contribution in [0.2, 0.25) is 0 Å². The Labute approximate surface area is 124 Å². The first-order valence-electron chi connectivity index (χ1n) is 8.05. The van der Waals surface area contributed by atoms with Gasteiger partial charge in [-0.15, -0.1) is 0 Å². The molecule has 20 heavy (non-hydrogen) atoms. The van der Waals surface area contributed by atoms with Gasteiger partial charge in [0.05, 0.1) is 6.17 Å². The summed E-state index contributed by atoms with van der Waals surface area (Å²) >= 11 is 0. The van der Waals surface area contributed by atoms with Crippen LogP contribution in [-0.4, -0.2) is 22.5 Å². The molecule has 1 atom stereocenters. The van der Waals surface area contributed by atoms with Gasteiger partial charge in [-0.1, -0.05) is 62.9 Å². The molecule has 0 amide bonds. The third-order valence-electron chi connectivity index (χ3n) is 4.14. The van der Waals surface area contributed by atoms with Crippen molar-refractivity contribution in [2.45, 2.75) is 58.7 Å². The van der Waals surface area contributed by atoms with E-state index in [2.05, 4.69) is 66.4 Å². The fourth-order valence-corrected chi connectivity index (χ4v) is 2.75. The molecule has 2 heteroatoms. The molecule has 1 aromatic carbocycles. The van der Waals surface area contributed by atoms with E-state index in [-0.39, 0.29) is 0 Å². The second kappa shape index (κ2) is 7.98. The maximum absolute atomic E-state index is 2.47. The molecule has 1 unspecified atom stereocenters. The lowest BCUT2D eigenvalue weighted by molar-refractivity contribution is 0.162. The standard InChI is InChI=1S/C18H28N2/c1-3-4-5-6-10-13-19-14-15-20(17(19)2)16-18-11-8-7-9-12-18/h7-9,11-12,14-15,17H,3-6,10,13,16H2,1-2H3. The molecule has 0 radical (unpaired) electrons. The van der Waals surface area contributed by atoms with E-state index in [1.807, 2.05) is 0 Å². The molecule has 0 saturated heterocycles. The van der Waals surface area contributed by atoms with Crippen LogP contribution >= 0.6 is 0 Å². The van der Waals surface area contributed by atoms with E-state index >= 15 is 0 Å². The topological polar surface area (TPSA) is 6.48 Å². The number of rotatable bonds is 8. The van der Waals surface area contributed by atoms with Crippen molar-refractivity contribution < 1.29 is 0 Å². The summed E-state index contributed by atoms with van der Waals surface area (Å²) in [6.45, 7) is 6.76. The number of hydrogen-bond acceptors (Lipinski definition) is 2. The van der Waals surface area contributed by atoms with Crippen LogP contribution in [0, 0.1) is 0 Å². The Morgan fingerprint density at radius 2 is 1.60 bits per heavy atom. The van der Waals surface area contributed by atoms with Crippen molar-refractivity contribution in [2.75, 3.05) is 6.54 Å². The molecule has 0 aliphatic carbocycles. The van der Waals surface area contributed by atoms with Gasteiger partial charge in [-0.25, -0.2) is 0 Å². The van der Waals surface area contributed by atoms with E-state index in [1.165, 1.54) is 44.2 Å². The summed E-state index contributed by atoms with van der Waals surface area (Å²) in [5, 5.41) is 0. The van der Waals surface area contributed by atoms with Crippen molar-refractivity contribution >= 4 is 0 Å². The molecule has 2 rings (SSSR count). The van der Waals surface area contributed by atoms with Crippen LogP contribution in [0.25, 0.3) is 0 Å². The van der Waals surface area contributed by atoms with Gasteiger partial charge in [-0.3, -0.25) is 0 Å². The van der Waals surface area contributed by atoms with Crippen LogP contribution in [0.15, 0.2) is 42.7 Å². The lowest BCUT2D eigenvalue weighted by atomic mass is 10.1. The summed E-state index contributed by atoms with van der Waals surface area (Å²) in [7, 11) is 0. The molecule has 1 heterocycles. The predicted octanol–water partition coefficient (Wildman–Crippen LogP) is 4.59. The molecule has 1 aliphatic heterocycles. The van der Waals surface area contributed by atoms with Gasteiger partial charge in [0.25, 0.3) is 0 Å². The zero-order valence-electron chi connectivity index (χ0n) is 13.0. The Bertz CT molecular complexity index is 399. The minimum Gasteiger partial charge on any atom is -0.356 e. The monoisotopic (exact) mass is 272 g/mol. The molecule has 110 valence electrons. The molecule has 1 aliphatic rings. The number of nitrogens with zero attached hydrogens (tertiary/aromatic N) is 2. The van der Waals surface area contributed by atoms with Crippen molar-refractivity contribution in [3.05, 3.63) is 48.3 Å². The van der Waals surface area contributed by atoms with E-state index in [9.17, 15) is 0 Å². The Kier molecular flexibility index (Phi) is 5.97. The highest BCUT2D eigenvalue weighted by atomic mass is 15.4. The Morgan fingerprint density at radius 1 is 0.900 bits per heavy atom. The lowest BCUT2D eigenvalue weighted by Crippen LogP contribution is -2.36. The van der Waals surface area contributed by atoms with Gasteiger partial charge >= 0.3 is 0 Å². The fraction of sp³-hybridized carbons (Fsp3) is 0.556. The maximum Gasteiger partial charge on any atom is 0.0981 e. The highest BCUT2D eigenvalue weighted by Gasteiger charge is 2.20. The zero-order chi connectivity index (χ0) is 14.2. The molecule has 0 bridgehead atoms. The molecule has 1 aromatic rings. The van der Waals surface area contributed by atoms with Gasteiger partial charge in [0, 0.05) is 25.5 Å². The van der Waals surface area contributed by atoms with Gasteiger partial charge in [0.15, 0.2) is 0 Å². The first kappa shape index (κ1) is 15.0. The van der Waals surface area contributed by atoms with Crippen LogP contribution in [0.5, 0.6) is 0 Å². The van der Waals surface area contributed by atoms with E-state index in [4.69, 9.17) is 0 Å². The molecular weight excluding hydrogens is 244 g/mol. The van der Waals surface area contributed by atoms with Crippen molar-refractivity contribution in [3.63, 3.8) is 0 Å². The molecule has 0 saturated carbocycles. The Morgan fingerprint density at radius 3 is 2.35 bits per heavy atom. The molecule has 0 spiro atoms. The van der Waals surface area contributed by atoms with Gasteiger partial charge in [-0.05, 0) is 18.9 Å². The van der Waals surface area contributed by atoms with Crippen molar-refractivity contribution in [3.8, 4) is 0 Å². The van der Waals surface area contributed by atoms with E-state index in [0.29, 0.717) is 6.17 Å². The van der Waals surface area contributed by atoms with Crippen LogP contribution in [0.4, 0.5) is 0 Å². The second-order valence-electron chi connectivity index (χ2n) is 5.74. The van der Waals surface area contributed by atoms with Crippen LogP contribution in [0.1, 0.15) is 51.5 Å². The molecule has 0 aromatic heterocycles. The average Bonchev–Trinajstić information content (AvgIpc) is 2.81. The molecule has 0 N–H and O–H groups in total. The third-order valence-corrected chi connectivity index (χ3v) is 4.14. The van der Waals surface area contributed by atoms with Gasteiger partial charge in [-0.2, -0.15) is 0 Å². The summed E-state index contributed by atoms with van der Waals surface area (Å²) in [6, 6.07) is 10.7. The first-order valence-corrected chi connectivity index (χ1v) is 8.05. The maximum atomic E-state index is 2.47. The number of hydrogen-bond donors (Lipinski definition) is 0. The van der Waals surface area contributed by atoms with Gasteiger partial charge < -0.3 is 9.80 Å². The summed E-state index contributed by atoms with van der Waals surface area (Å²) < 4.78 is 0. The summed E-state index contributed by atoms with van der Waals surface area (Å²) in [6.07, 6.45) is 11.8. The highest BCUT2D eigenvalue weighted by molar-refractivity contribution is 5.15. The lowest BCUT2D eigenvalue weighted by Gasteiger charge is -2.30. The normalized spacial score (nSPS) is 18.0. The zero-order valence-corrected chi connectivity index (χ0v) is 13.0. The van der Waals surface area contributed by atoms with Crippen molar-refractivity contribution in [1.29, 1.82) is 0 Å². The Balaban J connectivity index is 1.72. The van der Waals surface area contributed by atoms with Crippen LogP contribution < -0.4 is 0 Å². The minimum absolute atomic E-state index is 0.487. The van der Waals surface area contributed by atoms with E-state index < -0.39 is 0 Å². The van der Waals surface area contributed by atoms with Gasteiger partial charge in [0.1, 0.15) is 0 Å². The van der Waals surface area contributed by atoms with Crippen molar-refractivity contribution in [1.82, 2.24) is 9.80 Å². The highest BCUT2D eigenvalue weighted by Crippen LogP contribution is 2.19. The summed E-state index contributed by atoms with van der Waals surface area (Å²) in [5.74, 6) is 0. The summed E-state index contributed by atoms with van der Waals surface area (Å²) in [5.41, 5.74) is 1.38. The van der Waals surface area contributed by atoms with Crippen molar-refractivity contribution in [2.24, 2.45) is 0 Å². The third kappa shape index (κ3) is 4.29. The number of unbranched alkanes of at least 4 members (excludes halogenated alkanes) is 4. The fourth-order valence-electron chi connectivity index (χ4n) is 2.75. The Hall–Kier alpha value is -1.44. The predicted molar refractivity (Wildman–Crippen MR) is 86.1 cm³/mol. The largest absolute Gasteiger partial charge is 0.356 e. The second-order valence-corrected chi connectivity index (χ2v) is 5.74. The molecule has 2 nitrogen and oxygen atoms in total. The molecule has 0 fully saturated rings. The first-order chi connectivity index (χ1) is 9.81. The molecular formula is C18H28N2. The van der Waals surface area contributed by atoms with Gasteiger partial charge in [0.2, 0.25) is 0 Å². The van der Waals surface area contributed by atoms with E-state index in [1.54, 1.807) is 0 Å².